The van der Waals surface area contributed by atoms with Gasteiger partial charge in [0.05, 0.1) is 25.2 Å². The van der Waals surface area contributed by atoms with E-state index in [4.69, 9.17) is 9.15 Å². The standard InChI is InChI=1S/C13H18BrNO4S/c1-18-13(17)11(5-7-20-2)15(12(16)8-14)9-10-4-3-6-19-10/h3-4,6,11H,5,7-9H2,1-2H3/t11-/m1/s1. The molecule has 0 N–H and O–H groups in total. The second-order valence-corrected chi connectivity index (χ2v) is 5.60. The Morgan fingerprint density at radius 3 is 2.80 bits per heavy atom. The Morgan fingerprint density at radius 1 is 1.55 bits per heavy atom. The highest BCUT2D eigenvalue weighted by molar-refractivity contribution is 9.09. The molecule has 0 aliphatic carbocycles. The first-order valence-corrected chi connectivity index (χ1v) is 8.60. The lowest BCUT2D eigenvalue weighted by atomic mass is 10.2. The predicted molar refractivity (Wildman–Crippen MR) is 81.9 cm³/mol. The summed E-state index contributed by atoms with van der Waals surface area (Å²) in [6.07, 6.45) is 4.05. The number of carbonyl (C=O) groups excluding carboxylic acids is 2. The SMILES string of the molecule is COC(=O)[C@@H](CCSC)N(Cc1ccco1)C(=O)CBr. The minimum Gasteiger partial charge on any atom is -0.467 e. The summed E-state index contributed by atoms with van der Waals surface area (Å²) in [6, 6.07) is 2.93. The second-order valence-electron chi connectivity index (χ2n) is 4.06. The molecule has 1 aromatic rings. The third-order valence-corrected chi connectivity index (χ3v) is 3.91. The minimum atomic E-state index is -0.595. The molecule has 7 heteroatoms. The molecule has 0 fully saturated rings. The van der Waals surface area contributed by atoms with Crippen molar-refractivity contribution in [2.75, 3.05) is 24.4 Å². The summed E-state index contributed by atoms with van der Waals surface area (Å²) in [4.78, 5) is 25.5. The first kappa shape index (κ1) is 17.1. The molecule has 0 aliphatic heterocycles. The highest BCUT2D eigenvalue weighted by Gasteiger charge is 2.30. The van der Waals surface area contributed by atoms with Crippen molar-refractivity contribution in [2.24, 2.45) is 0 Å². The average Bonchev–Trinajstić information content (AvgIpc) is 2.98. The van der Waals surface area contributed by atoms with Crippen LogP contribution in [0.2, 0.25) is 0 Å². The lowest BCUT2D eigenvalue weighted by Crippen LogP contribution is -2.46. The molecule has 0 spiro atoms. The van der Waals surface area contributed by atoms with Gasteiger partial charge in [0, 0.05) is 0 Å². The van der Waals surface area contributed by atoms with Crippen LogP contribution in [-0.2, 0) is 20.9 Å². The number of alkyl halides is 1. The van der Waals surface area contributed by atoms with Crippen molar-refractivity contribution in [3.63, 3.8) is 0 Å². The summed E-state index contributed by atoms with van der Waals surface area (Å²) in [5, 5.41) is 0.153. The Bertz CT molecular complexity index is 424. The molecule has 1 rings (SSSR count). The molecule has 0 bridgehead atoms. The van der Waals surface area contributed by atoms with Crippen LogP contribution in [-0.4, -0.2) is 47.3 Å². The molecule has 0 aromatic carbocycles. The van der Waals surface area contributed by atoms with Crippen LogP contribution >= 0.6 is 27.7 Å². The van der Waals surface area contributed by atoms with Gasteiger partial charge < -0.3 is 14.1 Å². The maximum Gasteiger partial charge on any atom is 0.328 e. The zero-order chi connectivity index (χ0) is 15.0. The maximum absolute atomic E-state index is 12.1. The number of hydrogen-bond acceptors (Lipinski definition) is 5. The lowest BCUT2D eigenvalue weighted by Gasteiger charge is -2.28. The van der Waals surface area contributed by atoms with E-state index in [2.05, 4.69) is 15.9 Å². The Kier molecular flexibility index (Phi) is 7.76. The van der Waals surface area contributed by atoms with Gasteiger partial charge in [-0.3, -0.25) is 4.79 Å². The monoisotopic (exact) mass is 363 g/mol. The molecule has 20 heavy (non-hydrogen) atoms. The Labute approximate surface area is 131 Å². The number of halogens is 1. The molecular weight excluding hydrogens is 346 g/mol. The van der Waals surface area contributed by atoms with Gasteiger partial charge in [0.1, 0.15) is 11.8 Å². The van der Waals surface area contributed by atoms with Gasteiger partial charge in [-0.05, 0) is 30.6 Å². The Balaban J connectivity index is 2.91. The van der Waals surface area contributed by atoms with Gasteiger partial charge in [-0.1, -0.05) is 15.9 Å². The third kappa shape index (κ3) is 4.86. The maximum atomic E-state index is 12.1. The summed E-state index contributed by atoms with van der Waals surface area (Å²) in [5.41, 5.74) is 0. The summed E-state index contributed by atoms with van der Waals surface area (Å²) >= 11 is 4.77. The molecule has 1 atom stereocenters. The smallest absolute Gasteiger partial charge is 0.328 e. The van der Waals surface area contributed by atoms with E-state index in [9.17, 15) is 9.59 Å². The number of rotatable bonds is 8. The number of ether oxygens (including phenoxy) is 1. The van der Waals surface area contributed by atoms with Crippen LogP contribution in [0.1, 0.15) is 12.2 Å². The topological polar surface area (TPSA) is 59.8 Å². The number of nitrogens with zero attached hydrogens (tertiary/aromatic N) is 1. The molecule has 1 amide bonds. The minimum absolute atomic E-state index is 0.153. The van der Waals surface area contributed by atoms with Gasteiger partial charge in [0.15, 0.2) is 0 Å². The molecule has 0 aliphatic rings. The zero-order valence-corrected chi connectivity index (χ0v) is 13.9. The van der Waals surface area contributed by atoms with Gasteiger partial charge in [-0.25, -0.2) is 4.79 Å². The zero-order valence-electron chi connectivity index (χ0n) is 11.5. The number of carbonyl (C=O) groups is 2. The van der Waals surface area contributed by atoms with E-state index < -0.39 is 12.0 Å². The number of esters is 1. The summed E-state index contributed by atoms with van der Waals surface area (Å²) in [7, 11) is 1.33. The van der Waals surface area contributed by atoms with Gasteiger partial charge in [0.2, 0.25) is 5.91 Å². The van der Waals surface area contributed by atoms with Crippen LogP contribution in [0.4, 0.5) is 0 Å². The molecule has 0 saturated heterocycles. The van der Waals surface area contributed by atoms with Crippen molar-refractivity contribution < 1.29 is 18.7 Å². The van der Waals surface area contributed by atoms with Crippen molar-refractivity contribution in [1.82, 2.24) is 4.90 Å². The van der Waals surface area contributed by atoms with Crippen LogP contribution < -0.4 is 0 Å². The highest BCUT2D eigenvalue weighted by atomic mass is 79.9. The molecule has 112 valence electrons. The molecule has 1 heterocycles. The molecule has 0 unspecified atom stereocenters. The number of furan rings is 1. The van der Waals surface area contributed by atoms with Gasteiger partial charge in [-0.15, -0.1) is 0 Å². The number of amides is 1. The second kappa shape index (κ2) is 9.07. The van der Waals surface area contributed by atoms with Crippen molar-refractivity contribution >= 4 is 39.6 Å². The number of hydrogen-bond donors (Lipinski definition) is 0. The first-order chi connectivity index (χ1) is 9.63. The average molecular weight is 364 g/mol. The fraction of sp³-hybridized carbons (Fsp3) is 0.538. The third-order valence-electron chi connectivity index (χ3n) is 2.79. The van der Waals surface area contributed by atoms with E-state index in [1.807, 2.05) is 6.26 Å². The fourth-order valence-corrected chi connectivity index (χ4v) is 2.57. The first-order valence-electron chi connectivity index (χ1n) is 6.08. The van der Waals surface area contributed by atoms with Crippen molar-refractivity contribution in [3.05, 3.63) is 24.2 Å². The molecule has 0 saturated carbocycles. The van der Waals surface area contributed by atoms with Gasteiger partial charge >= 0.3 is 5.97 Å². The molecule has 5 nitrogen and oxygen atoms in total. The molecule has 1 aromatic heterocycles. The number of methoxy groups -OCH3 is 1. The van der Waals surface area contributed by atoms with E-state index in [1.54, 1.807) is 30.2 Å². The van der Waals surface area contributed by atoms with E-state index >= 15 is 0 Å². The quantitative estimate of drug-likeness (QED) is 0.523. The van der Waals surface area contributed by atoms with Crippen LogP contribution in [0.25, 0.3) is 0 Å². The van der Waals surface area contributed by atoms with E-state index in [1.165, 1.54) is 12.0 Å². The van der Waals surface area contributed by atoms with Gasteiger partial charge in [0.25, 0.3) is 0 Å². The van der Waals surface area contributed by atoms with Crippen LogP contribution in [0.15, 0.2) is 22.8 Å². The van der Waals surface area contributed by atoms with E-state index in [0.717, 1.165) is 5.75 Å². The Morgan fingerprint density at radius 2 is 2.30 bits per heavy atom. The van der Waals surface area contributed by atoms with Crippen LogP contribution in [0, 0.1) is 0 Å². The van der Waals surface area contributed by atoms with E-state index in [-0.39, 0.29) is 17.8 Å². The van der Waals surface area contributed by atoms with Crippen LogP contribution in [0.3, 0.4) is 0 Å². The highest BCUT2D eigenvalue weighted by Crippen LogP contribution is 2.16. The summed E-state index contributed by atoms with van der Waals surface area (Å²) in [5.74, 6) is 0.833. The van der Waals surface area contributed by atoms with Gasteiger partial charge in [-0.2, -0.15) is 11.8 Å². The molecular formula is C13H18BrNO4S. The van der Waals surface area contributed by atoms with Crippen molar-refractivity contribution in [3.8, 4) is 0 Å². The predicted octanol–water partition coefficient (Wildman–Crippen LogP) is 2.30. The summed E-state index contributed by atoms with van der Waals surface area (Å²) in [6.45, 7) is 0.256. The normalized spacial score (nSPS) is 11.9. The molecule has 0 radical (unpaired) electrons. The fourth-order valence-electron chi connectivity index (χ4n) is 1.79. The van der Waals surface area contributed by atoms with Crippen LogP contribution in [0.5, 0.6) is 0 Å². The Hall–Kier alpha value is -0.950. The van der Waals surface area contributed by atoms with Crippen molar-refractivity contribution in [1.29, 1.82) is 0 Å². The summed E-state index contributed by atoms with van der Waals surface area (Å²) < 4.78 is 10.1. The van der Waals surface area contributed by atoms with Crippen molar-refractivity contribution in [2.45, 2.75) is 19.0 Å². The van der Waals surface area contributed by atoms with E-state index in [0.29, 0.717) is 12.2 Å². The lowest BCUT2D eigenvalue weighted by molar-refractivity contribution is -0.152. The number of thioether (sulfide) groups is 1. The largest absolute Gasteiger partial charge is 0.467 e.